The van der Waals surface area contributed by atoms with E-state index in [-0.39, 0.29) is 22.8 Å². The van der Waals surface area contributed by atoms with Gasteiger partial charge in [0, 0.05) is 24.5 Å². The zero-order valence-corrected chi connectivity index (χ0v) is 19.2. The van der Waals surface area contributed by atoms with Gasteiger partial charge in [0.05, 0.1) is 6.04 Å². The molecule has 1 aliphatic heterocycles. The van der Waals surface area contributed by atoms with Crippen LogP contribution in [0.2, 0.25) is 0 Å². The monoisotopic (exact) mass is 418 g/mol. The molecule has 1 amide bonds. The molecule has 1 aromatic rings. The highest BCUT2D eigenvalue weighted by atomic mass is 16.5. The lowest BCUT2D eigenvalue weighted by Gasteiger charge is -2.41. The van der Waals surface area contributed by atoms with E-state index in [1.165, 1.54) is 0 Å². The molecule has 0 bridgehead atoms. The number of H-pyrrole nitrogens is 1. The molecule has 1 saturated carbocycles. The van der Waals surface area contributed by atoms with E-state index in [9.17, 15) is 9.59 Å². The molecule has 1 aromatic heterocycles. The molecule has 3 rings (SSSR count). The number of amides is 1. The molecular weight excluding hydrogens is 380 g/mol. The van der Waals surface area contributed by atoms with Crippen LogP contribution in [0, 0.1) is 16.7 Å². The maximum Gasteiger partial charge on any atom is 0.275 e. The standard InChI is InChI=1S/C23H38N4O3/c1-6-17(18-20(28)25-19(27-26-18)15-9-13-30-14-10-15)24-21(29)23(5)11-7-16(8-12-23)22(2,3)4/h15-17H,6-14H2,1-5H3,(H,24,29)(H,25,27,28). The highest BCUT2D eigenvalue weighted by Crippen LogP contribution is 2.45. The fraction of sp³-hybridized carbons (Fsp3) is 0.826. The van der Waals surface area contributed by atoms with Crippen LogP contribution in [-0.4, -0.2) is 34.3 Å². The number of aromatic nitrogens is 3. The van der Waals surface area contributed by atoms with Crippen molar-refractivity contribution in [3.05, 3.63) is 21.9 Å². The van der Waals surface area contributed by atoms with Crippen molar-refractivity contribution in [2.75, 3.05) is 13.2 Å². The second kappa shape index (κ2) is 9.16. The molecule has 1 unspecified atom stereocenters. The summed E-state index contributed by atoms with van der Waals surface area (Å²) >= 11 is 0. The third kappa shape index (κ3) is 5.10. The maximum absolute atomic E-state index is 13.2. The number of ether oxygens (including phenoxy) is 1. The molecule has 2 aliphatic rings. The first-order valence-electron chi connectivity index (χ1n) is 11.5. The van der Waals surface area contributed by atoms with Crippen LogP contribution in [0.1, 0.15) is 103 Å². The predicted octanol–water partition coefficient (Wildman–Crippen LogP) is 3.87. The molecular formula is C23H38N4O3. The molecule has 2 fully saturated rings. The smallest absolute Gasteiger partial charge is 0.275 e. The molecule has 30 heavy (non-hydrogen) atoms. The molecule has 2 N–H and O–H groups in total. The lowest BCUT2D eigenvalue weighted by atomic mass is 9.64. The minimum Gasteiger partial charge on any atom is -0.381 e. The molecule has 0 radical (unpaired) electrons. The molecule has 7 nitrogen and oxygen atoms in total. The van der Waals surface area contributed by atoms with Gasteiger partial charge in [0.1, 0.15) is 5.82 Å². The Kier molecular flexibility index (Phi) is 7.00. The van der Waals surface area contributed by atoms with E-state index in [2.05, 4.69) is 48.2 Å². The molecule has 1 aliphatic carbocycles. The van der Waals surface area contributed by atoms with Crippen molar-refractivity contribution in [1.29, 1.82) is 0 Å². The van der Waals surface area contributed by atoms with E-state index in [0.29, 0.717) is 37.1 Å². The van der Waals surface area contributed by atoms with Gasteiger partial charge in [-0.3, -0.25) is 9.59 Å². The van der Waals surface area contributed by atoms with Gasteiger partial charge in [-0.05, 0) is 56.3 Å². The summed E-state index contributed by atoms with van der Waals surface area (Å²) in [5, 5.41) is 11.6. The number of nitrogens with one attached hydrogen (secondary N) is 2. The van der Waals surface area contributed by atoms with Crippen molar-refractivity contribution in [2.45, 2.75) is 91.5 Å². The topological polar surface area (TPSA) is 97.0 Å². The average molecular weight is 419 g/mol. The number of nitrogens with zero attached hydrogens (tertiary/aromatic N) is 2. The number of hydrogen-bond acceptors (Lipinski definition) is 5. The lowest BCUT2D eigenvalue weighted by Crippen LogP contribution is -2.45. The number of hydrogen-bond donors (Lipinski definition) is 2. The van der Waals surface area contributed by atoms with Crippen molar-refractivity contribution >= 4 is 5.91 Å². The van der Waals surface area contributed by atoms with E-state index >= 15 is 0 Å². The number of carbonyl (C=O) groups is 1. The number of aromatic amines is 1. The third-order valence-corrected chi connectivity index (χ3v) is 7.25. The van der Waals surface area contributed by atoms with Crippen molar-refractivity contribution in [2.24, 2.45) is 16.7 Å². The van der Waals surface area contributed by atoms with E-state index < -0.39 is 11.5 Å². The molecule has 7 heteroatoms. The lowest BCUT2D eigenvalue weighted by molar-refractivity contribution is -0.133. The van der Waals surface area contributed by atoms with Crippen LogP contribution in [0.3, 0.4) is 0 Å². The first-order valence-corrected chi connectivity index (χ1v) is 11.5. The fourth-order valence-corrected chi connectivity index (χ4v) is 4.79. The van der Waals surface area contributed by atoms with Gasteiger partial charge in [0.25, 0.3) is 5.56 Å². The summed E-state index contributed by atoms with van der Waals surface area (Å²) in [5.74, 6) is 1.48. The summed E-state index contributed by atoms with van der Waals surface area (Å²) < 4.78 is 5.38. The maximum atomic E-state index is 13.2. The second-order valence-electron chi connectivity index (χ2n) is 10.4. The zero-order valence-electron chi connectivity index (χ0n) is 19.2. The van der Waals surface area contributed by atoms with E-state index in [0.717, 1.165) is 38.5 Å². The van der Waals surface area contributed by atoms with Crippen molar-refractivity contribution in [3.63, 3.8) is 0 Å². The summed E-state index contributed by atoms with van der Waals surface area (Å²) in [7, 11) is 0. The molecule has 0 aromatic carbocycles. The van der Waals surface area contributed by atoms with Gasteiger partial charge in [-0.2, -0.15) is 0 Å². The van der Waals surface area contributed by atoms with Crippen LogP contribution in [0.4, 0.5) is 0 Å². The van der Waals surface area contributed by atoms with E-state index in [1.54, 1.807) is 0 Å². The van der Waals surface area contributed by atoms with Crippen LogP contribution >= 0.6 is 0 Å². The van der Waals surface area contributed by atoms with Gasteiger partial charge in [-0.15, -0.1) is 10.2 Å². The second-order valence-corrected chi connectivity index (χ2v) is 10.4. The van der Waals surface area contributed by atoms with Crippen molar-refractivity contribution < 1.29 is 9.53 Å². The number of carbonyl (C=O) groups excluding carboxylic acids is 1. The van der Waals surface area contributed by atoms with Gasteiger partial charge < -0.3 is 15.0 Å². The SMILES string of the molecule is CCC(NC(=O)C1(C)CCC(C(C)(C)C)CC1)c1nnc(C2CCOCC2)[nH]c1=O. The van der Waals surface area contributed by atoms with E-state index in [4.69, 9.17) is 4.74 Å². The Hall–Kier alpha value is -1.76. The van der Waals surface area contributed by atoms with Gasteiger partial charge >= 0.3 is 0 Å². The normalized spacial score (nSPS) is 26.9. The first kappa shape index (κ1) is 22.9. The minimum atomic E-state index is -0.422. The highest BCUT2D eigenvalue weighted by molar-refractivity contribution is 5.82. The average Bonchev–Trinajstić information content (AvgIpc) is 2.72. The van der Waals surface area contributed by atoms with Crippen LogP contribution < -0.4 is 10.9 Å². The summed E-state index contributed by atoms with van der Waals surface area (Å²) in [6.07, 6.45) is 6.15. The zero-order chi connectivity index (χ0) is 21.9. The van der Waals surface area contributed by atoms with Gasteiger partial charge in [-0.25, -0.2) is 0 Å². The van der Waals surface area contributed by atoms with Gasteiger partial charge in [0.15, 0.2) is 5.69 Å². The Labute approximate surface area is 179 Å². The Morgan fingerprint density at radius 1 is 1.20 bits per heavy atom. The van der Waals surface area contributed by atoms with Crippen LogP contribution in [0.15, 0.2) is 4.79 Å². The van der Waals surface area contributed by atoms with Crippen LogP contribution in [0.25, 0.3) is 0 Å². The fourth-order valence-electron chi connectivity index (χ4n) is 4.79. The van der Waals surface area contributed by atoms with Crippen LogP contribution in [-0.2, 0) is 9.53 Å². The Balaban J connectivity index is 1.67. The Morgan fingerprint density at radius 2 is 1.83 bits per heavy atom. The third-order valence-electron chi connectivity index (χ3n) is 7.25. The van der Waals surface area contributed by atoms with Crippen molar-refractivity contribution in [1.82, 2.24) is 20.5 Å². The highest BCUT2D eigenvalue weighted by Gasteiger charge is 2.41. The predicted molar refractivity (Wildman–Crippen MR) is 116 cm³/mol. The largest absolute Gasteiger partial charge is 0.381 e. The molecule has 168 valence electrons. The molecule has 0 spiro atoms. The number of rotatable bonds is 5. The van der Waals surface area contributed by atoms with E-state index in [1.807, 2.05) is 6.92 Å². The molecule has 1 saturated heterocycles. The summed E-state index contributed by atoms with van der Waals surface area (Å²) in [6, 6.07) is -0.422. The molecule has 1 atom stereocenters. The summed E-state index contributed by atoms with van der Waals surface area (Å²) in [5.41, 5.74) is -0.0650. The minimum absolute atomic E-state index is 0.0245. The quantitative estimate of drug-likeness (QED) is 0.756. The summed E-state index contributed by atoms with van der Waals surface area (Å²) in [6.45, 7) is 12.2. The molecule has 2 heterocycles. The summed E-state index contributed by atoms with van der Waals surface area (Å²) in [4.78, 5) is 28.8. The first-order chi connectivity index (χ1) is 14.1. The Morgan fingerprint density at radius 3 is 2.37 bits per heavy atom. The van der Waals surface area contributed by atoms with Crippen LogP contribution in [0.5, 0.6) is 0 Å². The van der Waals surface area contributed by atoms with Crippen molar-refractivity contribution in [3.8, 4) is 0 Å². The van der Waals surface area contributed by atoms with Gasteiger partial charge in [-0.1, -0.05) is 34.6 Å². The Bertz CT molecular complexity index is 784. The van der Waals surface area contributed by atoms with Gasteiger partial charge in [0.2, 0.25) is 5.91 Å².